The van der Waals surface area contributed by atoms with Crippen molar-refractivity contribution >= 4 is 0 Å². The molecule has 0 heterocycles. The molecular weight excluding hydrogens is 328 g/mol. The molecule has 2 fully saturated rings. The van der Waals surface area contributed by atoms with Crippen molar-refractivity contribution in [2.75, 3.05) is 0 Å². The zero-order chi connectivity index (χ0) is 18.4. The lowest BCUT2D eigenvalue weighted by atomic mass is 9.68. The van der Waals surface area contributed by atoms with E-state index in [9.17, 15) is 8.78 Å². The van der Waals surface area contributed by atoms with Crippen molar-refractivity contribution in [2.24, 2.45) is 17.8 Å². The third-order valence-electron chi connectivity index (χ3n) is 6.68. The van der Waals surface area contributed by atoms with E-state index >= 15 is 0 Å². The predicted octanol–water partition coefficient (Wildman–Crippen LogP) is 7.06. The molecule has 0 atom stereocenters. The van der Waals surface area contributed by atoms with Crippen LogP contribution in [0, 0.1) is 34.9 Å². The van der Waals surface area contributed by atoms with Crippen molar-refractivity contribution in [3.8, 4) is 6.07 Å². The van der Waals surface area contributed by atoms with Crippen LogP contribution in [0.15, 0.2) is 36.2 Å². The van der Waals surface area contributed by atoms with Gasteiger partial charge in [0, 0.05) is 0 Å². The first kappa shape index (κ1) is 19.1. The van der Waals surface area contributed by atoms with E-state index in [1.807, 2.05) is 12.1 Å². The molecule has 0 amide bonds. The fourth-order valence-corrected chi connectivity index (χ4v) is 5.10. The minimum Gasteiger partial charge on any atom is -0.207 e. The highest BCUT2D eigenvalue weighted by Gasteiger charge is 2.31. The number of halogens is 2. The van der Waals surface area contributed by atoms with Crippen LogP contribution in [0.4, 0.5) is 8.78 Å². The molecule has 0 spiro atoms. The Bertz CT molecular complexity index is 627. The summed E-state index contributed by atoms with van der Waals surface area (Å²) in [6, 6.07) is 8.62. The van der Waals surface area contributed by atoms with Gasteiger partial charge in [0.1, 0.15) is 11.9 Å². The Morgan fingerprint density at radius 1 is 0.962 bits per heavy atom. The average molecular weight is 357 g/mol. The first-order valence-electron chi connectivity index (χ1n) is 10.2. The molecule has 0 aromatic heterocycles. The van der Waals surface area contributed by atoms with E-state index in [0.717, 1.165) is 18.3 Å². The highest BCUT2D eigenvalue weighted by Crippen LogP contribution is 2.44. The average Bonchev–Trinajstić information content (AvgIpc) is 2.69. The lowest BCUT2D eigenvalue weighted by Gasteiger charge is -2.38. The van der Waals surface area contributed by atoms with Crippen LogP contribution in [-0.2, 0) is 0 Å². The summed E-state index contributed by atoms with van der Waals surface area (Å²) in [7, 11) is 0. The highest BCUT2D eigenvalue weighted by atomic mass is 19.1. The first-order chi connectivity index (χ1) is 12.7. The van der Waals surface area contributed by atoms with Gasteiger partial charge in [0.2, 0.25) is 0 Å². The molecule has 3 rings (SSSR count). The molecule has 2 aliphatic carbocycles. The SMILES string of the molecule is N#C/C(F)=C/CCC1CCC(C2CCC(c3ccc(F)cc3)CC2)CC1. The molecule has 26 heavy (non-hydrogen) atoms. The number of hydrogen-bond acceptors (Lipinski definition) is 1. The number of hydrogen-bond donors (Lipinski definition) is 0. The first-order valence-corrected chi connectivity index (χ1v) is 10.2. The van der Waals surface area contributed by atoms with Crippen molar-refractivity contribution in [1.82, 2.24) is 0 Å². The molecule has 0 N–H and O–H groups in total. The minimum absolute atomic E-state index is 0.148. The third kappa shape index (κ3) is 5.16. The number of allylic oxidation sites excluding steroid dienone is 2. The van der Waals surface area contributed by atoms with Crippen molar-refractivity contribution in [3.63, 3.8) is 0 Å². The maximum absolute atomic E-state index is 13.1. The molecule has 1 nitrogen and oxygen atoms in total. The second-order valence-electron chi connectivity index (χ2n) is 8.19. The molecule has 0 unspecified atom stereocenters. The van der Waals surface area contributed by atoms with E-state index in [2.05, 4.69) is 0 Å². The summed E-state index contributed by atoms with van der Waals surface area (Å²) >= 11 is 0. The normalized spacial score (nSPS) is 30.0. The van der Waals surface area contributed by atoms with Crippen molar-refractivity contribution in [3.05, 3.63) is 47.5 Å². The Morgan fingerprint density at radius 2 is 1.54 bits per heavy atom. The van der Waals surface area contributed by atoms with Crippen LogP contribution in [0.5, 0.6) is 0 Å². The molecule has 140 valence electrons. The molecule has 3 heteroatoms. The fourth-order valence-electron chi connectivity index (χ4n) is 5.10. The quantitative estimate of drug-likeness (QED) is 0.517. The predicted molar refractivity (Wildman–Crippen MR) is 101 cm³/mol. The highest BCUT2D eigenvalue weighted by molar-refractivity contribution is 5.21. The second-order valence-corrected chi connectivity index (χ2v) is 8.19. The topological polar surface area (TPSA) is 23.8 Å². The number of nitriles is 1. The summed E-state index contributed by atoms with van der Waals surface area (Å²) in [5.41, 5.74) is 1.30. The summed E-state index contributed by atoms with van der Waals surface area (Å²) in [5.74, 6) is 2.21. The van der Waals surface area contributed by atoms with E-state index in [1.165, 1.54) is 63.0 Å². The molecule has 0 aliphatic heterocycles. The van der Waals surface area contributed by atoms with E-state index in [4.69, 9.17) is 5.26 Å². The Hall–Kier alpha value is -1.69. The largest absolute Gasteiger partial charge is 0.207 e. The van der Waals surface area contributed by atoms with Gasteiger partial charge in [-0.25, -0.2) is 4.39 Å². The summed E-state index contributed by atoms with van der Waals surface area (Å²) in [6.07, 6.45) is 13.3. The monoisotopic (exact) mass is 357 g/mol. The van der Waals surface area contributed by atoms with Gasteiger partial charge < -0.3 is 0 Å². The van der Waals surface area contributed by atoms with Crippen molar-refractivity contribution in [1.29, 1.82) is 5.26 Å². The Kier molecular flexibility index (Phi) is 6.83. The van der Waals surface area contributed by atoms with Gasteiger partial charge in [-0.2, -0.15) is 9.65 Å². The second kappa shape index (κ2) is 9.31. The Labute approximate surface area is 156 Å². The van der Waals surface area contributed by atoms with Gasteiger partial charge >= 0.3 is 0 Å². The van der Waals surface area contributed by atoms with Crippen molar-refractivity contribution < 1.29 is 8.78 Å². The zero-order valence-electron chi connectivity index (χ0n) is 15.5. The molecule has 1 aromatic carbocycles. The van der Waals surface area contributed by atoms with E-state index in [0.29, 0.717) is 18.3 Å². The minimum atomic E-state index is -0.642. The van der Waals surface area contributed by atoms with Gasteiger partial charge in [-0.05, 0) is 98.8 Å². The standard InChI is InChI=1S/C23H29F2N/c24-22-14-12-21(13-15-22)20-10-8-19(9-11-20)18-6-4-17(5-7-18)2-1-3-23(25)16-26/h3,12-15,17-20H,1-2,4-11H2/b23-3-. The molecule has 2 saturated carbocycles. The van der Waals surface area contributed by atoms with Gasteiger partial charge in [0.15, 0.2) is 5.83 Å². The summed E-state index contributed by atoms with van der Waals surface area (Å²) < 4.78 is 25.9. The van der Waals surface area contributed by atoms with Crippen molar-refractivity contribution in [2.45, 2.75) is 70.1 Å². The van der Waals surface area contributed by atoms with Gasteiger partial charge in [0.25, 0.3) is 0 Å². The van der Waals surface area contributed by atoms with Crippen LogP contribution in [-0.4, -0.2) is 0 Å². The summed E-state index contributed by atoms with van der Waals surface area (Å²) in [5, 5.41) is 8.44. The smallest absolute Gasteiger partial charge is 0.196 e. The summed E-state index contributed by atoms with van der Waals surface area (Å²) in [4.78, 5) is 0. The molecule has 0 saturated heterocycles. The molecule has 2 aliphatic rings. The van der Waals surface area contributed by atoms with E-state index < -0.39 is 5.83 Å². The fraction of sp³-hybridized carbons (Fsp3) is 0.609. The summed E-state index contributed by atoms with van der Waals surface area (Å²) in [6.45, 7) is 0. The van der Waals surface area contributed by atoms with Gasteiger partial charge in [0.05, 0.1) is 0 Å². The Morgan fingerprint density at radius 3 is 2.12 bits per heavy atom. The van der Waals surface area contributed by atoms with Crippen LogP contribution in [0.1, 0.15) is 75.7 Å². The lowest BCUT2D eigenvalue weighted by Crippen LogP contribution is -2.25. The van der Waals surface area contributed by atoms with Crippen LogP contribution in [0.2, 0.25) is 0 Å². The van der Waals surface area contributed by atoms with Gasteiger partial charge in [-0.1, -0.05) is 25.0 Å². The van der Waals surface area contributed by atoms with Crippen LogP contribution in [0.3, 0.4) is 0 Å². The van der Waals surface area contributed by atoms with Gasteiger partial charge in [-0.3, -0.25) is 0 Å². The number of benzene rings is 1. The van der Waals surface area contributed by atoms with Crippen LogP contribution >= 0.6 is 0 Å². The molecule has 0 radical (unpaired) electrons. The van der Waals surface area contributed by atoms with E-state index in [1.54, 1.807) is 18.2 Å². The third-order valence-corrected chi connectivity index (χ3v) is 6.68. The molecule has 0 bridgehead atoms. The maximum atomic E-state index is 13.1. The zero-order valence-corrected chi connectivity index (χ0v) is 15.5. The molecular formula is C23H29F2N. The van der Waals surface area contributed by atoms with Crippen LogP contribution < -0.4 is 0 Å². The Balaban J connectivity index is 1.39. The number of nitrogens with zero attached hydrogens (tertiary/aromatic N) is 1. The van der Waals surface area contributed by atoms with Crippen LogP contribution in [0.25, 0.3) is 0 Å². The number of rotatable bonds is 5. The van der Waals surface area contributed by atoms with Gasteiger partial charge in [-0.15, -0.1) is 0 Å². The lowest BCUT2D eigenvalue weighted by molar-refractivity contribution is 0.157. The maximum Gasteiger partial charge on any atom is 0.196 e. The molecule has 1 aromatic rings. The van der Waals surface area contributed by atoms with E-state index in [-0.39, 0.29) is 5.82 Å².